The van der Waals surface area contributed by atoms with E-state index in [4.69, 9.17) is 9.47 Å². The minimum atomic E-state index is -0.478. The van der Waals surface area contributed by atoms with Gasteiger partial charge >= 0.3 is 5.97 Å². The van der Waals surface area contributed by atoms with Crippen molar-refractivity contribution >= 4 is 17.6 Å². The molecule has 5 rings (SSSR count). The van der Waals surface area contributed by atoms with Crippen LogP contribution in [0.15, 0.2) is 78.9 Å². The van der Waals surface area contributed by atoms with Crippen LogP contribution in [0.2, 0.25) is 0 Å². The Kier molecular flexibility index (Phi) is 7.58. The van der Waals surface area contributed by atoms with E-state index in [-0.39, 0.29) is 18.2 Å². The van der Waals surface area contributed by atoms with Crippen LogP contribution in [0.5, 0.6) is 5.75 Å². The smallest absolute Gasteiger partial charge is 0.358 e. The van der Waals surface area contributed by atoms with E-state index in [9.17, 15) is 14.0 Å². The molecule has 9 heteroatoms. The summed E-state index contributed by atoms with van der Waals surface area (Å²) < 4.78 is 25.7. The van der Waals surface area contributed by atoms with Crippen LogP contribution in [0.25, 0.3) is 16.9 Å². The lowest BCUT2D eigenvalue weighted by Crippen LogP contribution is -2.48. The van der Waals surface area contributed by atoms with Crippen molar-refractivity contribution in [2.75, 3.05) is 44.8 Å². The van der Waals surface area contributed by atoms with Crippen LogP contribution in [0.1, 0.15) is 27.8 Å². The van der Waals surface area contributed by atoms with Crippen molar-refractivity contribution in [3.63, 3.8) is 0 Å². The zero-order valence-electron chi connectivity index (χ0n) is 21.8. The largest absolute Gasteiger partial charge is 0.497 e. The van der Waals surface area contributed by atoms with Gasteiger partial charge in [0.05, 0.1) is 25.1 Å². The number of ether oxygens (including phenoxy) is 2. The SMILES string of the molecule is CCOC(=O)c1cc(-c2ccc(N3CCN(C(=O)c4cccc(F)c4)CC3)cc2)n(-c2ccc(OC)cc2)n1. The Morgan fingerprint density at radius 3 is 2.23 bits per heavy atom. The summed E-state index contributed by atoms with van der Waals surface area (Å²) in [5.74, 6) is -0.329. The van der Waals surface area contributed by atoms with Gasteiger partial charge in [0, 0.05) is 43.0 Å². The molecular weight excluding hydrogens is 499 g/mol. The average molecular weight is 529 g/mol. The Morgan fingerprint density at radius 1 is 0.897 bits per heavy atom. The Labute approximate surface area is 226 Å². The van der Waals surface area contributed by atoms with E-state index in [0.717, 1.165) is 28.4 Å². The van der Waals surface area contributed by atoms with Gasteiger partial charge in [-0.3, -0.25) is 4.79 Å². The molecule has 1 aliphatic heterocycles. The number of benzene rings is 3. The van der Waals surface area contributed by atoms with Gasteiger partial charge in [0.1, 0.15) is 11.6 Å². The van der Waals surface area contributed by atoms with Gasteiger partial charge in [-0.05, 0) is 67.6 Å². The summed E-state index contributed by atoms with van der Waals surface area (Å²) in [6.45, 7) is 4.44. The molecule has 8 nitrogen and oxygen atoms in total. The minimum absolute atomic E-state index is 0.159. The molecule has 0 radical (unpaired) electrons. The van der Waals surface area contributed by atoms with E-state index >= 15 is 0 Å². The lowest BCUT2D eigenvalue weighted by Gasteiger charge is -2.36. The molecule has 200 valence electrons. The first-order chi connectivity index (χ1) is 19.0. The maximum absolute atomic E-state index is 13.5. The number of esters is 1. The number of aromatic nitrogens is 2. The van der Waals surface area contributed by atoms with Gasteiger partial charge < -0.3 is 19.3 Å². The fraction of sp³-hybridized carbons (Fsp3) is 0.233. The molecule has 1 aromatic heterocycles. The molecular formula is C30H29FN4O4. The summed E-state index contributed by atoms with van der Waals surface area (Å²) in [5.41, 5.74) is 4.04. The topological polar surface area (TPSA) is 76.9 Å². The number of hydrogen-bond acceptors (Lipinski definition) is 6. The highest BCUT2D eigenvalue weighted by atomic mass is 19.1. The van der Waals surface area contributed by atoms with Crippen molar-refractivity contribution in [3.8, 4) is 22.7 Å². The first-order valence-corrected chi connectivity index (χ1v) is 12.8. The van der Waals surface area contributed by atoms with Crippen molar-refractivity contribution in [2.45, 2.75) is 6.92 Å². The molecule has 0 aliphatic carbocycles. The number of nitrogens with zero attached hydrogens (tertiary/aromatic N) is 4. The van der Waals surface area contributed by atoms with Crippen molar-refractivity contribution in [3.05, 3.63) is 95.9 Å². The van der Waals surface area contributed by atoms with E-state index in [2.05, 4.69) is 10.00 Å². The van der Waals surface area contributed by atoms with Gasteiger partial charge in [0.25, 0.3) is 5.91 Å². The third kappa shape index (κ3) is 5.62. The van der Waals surface area contributed by atoms with Crippen LogP contribution >= 0.6 is 0 Å². The number of piperazine rings is 1. The van der Waals surface area contributed by atoms with Crippen LogP contribution in [0.3, 0.4) is 0 Å². The van der Waals surface area contributed by atoms with Gasteiger partial charge in [-0.25, -0.2) is 13.9 Å². The van der Waals surface area contributed by atoms with Crippen LogP contribution in [0, 0.1) is 5.82 Å². The van der Waals surface area contributed by atoms with E-state index in [0.29, 0.717) is 31.7 Å². The molecule has 0 N–H and O–H groups in total. The van der Waals surface area contributed by atoms with Crippen LogP contribution in [-0.2, 0) is 4.74 Å². The lowest BCUT2D eigenvalue weighted by molar-refractivity contribution is 0.0518. The van der Waals surface area contributed by atoms with Gasteiger partial charge in [-0.1, -0.05) is 18.2 Å². The molecule has 4 aromatic rings. The molecule has 1 aliphatic rings. The Balaban J connectivity index is 1.34. The van der Waals surface area contributed by atoms with Crippen molar-refractivity contribution in [1.29, 1.82) is 0 Å². The molecule has 1 saturated heterocycles. The monoisotopic (exact) mass is 528 g/mol. The highest BCUT2D eigenvalue weighted by molar-refractivity contribution is 5.94. The molecule has 0 spiro atoms. The maximum Gasteiger partial charge on any atom is 0.358 e. The summed E-state index contributed by atoms with van der Waals surface area (Å²) in [7, 11) is 1.61. The molecule has 2 heterocycles. The van der Waals surface area contributed by atoms with E-state index in [1.54, 1.807) is 41.8 Å². The zero-order valence-corrected chi connectivity index (χ0v) is 21.8. The molecule has 1 amide bonds. The first kappa shape index (κ1) is 26.0. The number of carbonyl (C=O) groups excluding carboxylic acids is 2. The van der Waals surface area contributed by atoms with E-state index in [1.807, 2.05) is 48.5 Å². The number of carbonyl (C=O) groups is 2. The second kappa shape index (κ2) is 11.4. The fourth-order valence-electron chi connectivity index (χ4n) is 4.63. The lowest BCUT2D eigenvalue weighted by atomic mass is 10.1. The highest BCUT2D eigenvalue weighted by Gasteiger charge is 2.23. The average Bonchev–Trinajstić information content (AvgIpc) is 3.43. The summed E-state index contributed by atoms with van der Waals surface area (Å²) in [4.78, 5) is 29.2. The molecule has 0 saturated carbocycles. The normalized spacial score (nSPS) is 13.3. The fourth-order valence-corrected chi connectivity index (χ4v) is 4.63. The van der Waals surface area contributed by atoms with Crippen molar-refractivity contribution in [1.82, 2.24) is 14.7 Å². The summed E-state index contributed by atoms with van der Waals surface area (Å²) >= 11 is 0. The highest BCUT2D eigenvalue weighted by Crippen LogP contribution is 2.28. The van der Waals surface area contributed by atoms with Gasteiger partial charge in [-0.15, -0.1) is 0 Å². The Morgan fingerprint density at radius 2 is 1.59 bits per heavy atom. The van der Waals surface area contributed by atoms with Gasteiger partial charge in [0.2, 0.25) is 0 Å². The number of methoxy groups -OCH3 is 1. The molecule has 0 atom stereocenters. The number of rotatable bonds is 7. The third-order valence-electron chi connectivity index (χ3n) is 6.68. The zero-order chi connectivity index (χ0) is 27.4. The minimum Gasteiger partial charge on any atom is -0.497 e. The summed E-state index contributed by atoms with van der Waals surface area (Å²) in [5, 5.41) is 4.53. The van der Waals surface area contributed by atoms with Crippen molar-refractivity contribution < 1.29 is 23.5 Å². The van der Waals surface area contributed by atoms with Crippen LogP contribution < -0.4 is 9.64 Å². The van der Waals surface area contributed by atoms with E-state index in [1.165, 1.54) is 12.1 Å². The first-order valence-electron chi connectivity index (χ1n) is 12.8. The second-order valence-electron chi connectivity index (χ2n) is 9.08. The standard InChI is InChI=1S/C30H29FN4O4/c1-3-39-30(37)27-20-28(35(32-27)25-11-13-26(38-2)14-12-25)21-7-9-24(10-8-21)33-15-17-34(18-16-33)29(36)22-5-4-6-23(31)19-22/h4-14,19-20H,3,15-18H2,1-2H3. The molecule has 3 aromatic carbocycles. The molecule has 0 bridgehead atoms. The predicted molar refractivity (Wildman–Crippen MR) is 146 cm³/mol. The predicted octanol–water partition coefficient (Wildman–Crippen LogP) is 4.83. The van der Waals surface area contributed by atoms with Crippen LogP contribution in [-0.4, -0.2) is 66.5 Å². The van der Waals surface area contributed by atoms with E-state index < -0.39 is 11.8 Å². The quantitative estimate of drug-likeness (QED) is 0.320. The Hall–Kier alpha value is -4.66. The second-order valence-corrected chi connectivity index (χ2v) is 9.08. The summed E-state index contributed by atoms with van der Waals surface area (Å²) in [6.07, 6.45) is 0. The number of amides is 1. The van der Waals surface area contributed by atoms with Crippen molar-refractivity contribution in [2.24, 2.45) is 0 Å². The molecule has 0 unspecified atom stereocenters. The maximum atomic E-state index is 13.5. The molecule has 39 heavy (non-hydrogen) atoms. The Bertz CT molecular complexity index is 1460. The molecule has 1 fully saturated rings. The number of halogens is 1. The number of anilines is 1. The number of hydrogen-bond donors (Lipinski definition) is 0. The van der Waals surface area contributed by atoms with Gasteiger partial charge in [0.15, 0.2) is 5.69 Å². The summed E-state index contributed by atoms with van der Waals surface area (Å²) in [6, 6.07) is 23.0. The third-order valence-corrected chi connectivity index (χ3v) is 6.68. The van der Waals surface area contributed by atoms with Gasteiger partial charge in [-0.2, -0.15) is 5.10 Å². The van der Waals surface area contributed by atoms with Crippen LogP contribution in [0.4, 0.5) is 10.1 Å².